The van der Waals surface area contributed by atoms with Crippen LogP contribution in [0.3, 0.4) is 0 Å². The van der Waals surface area contributed by atoms with E-state index in [9.17, 15) is 0 Å². The molecule has 0 spiro atoms. The van der Waals surface area contributed by atoms with Gasteiger partial charge in [-0.2, -0.15) is 0 Å². The second-order valence-electron chi connectivity index (χ2n) is 6.41. The molecular formula is C17H37N3. The molecule has 20 heavy (non-hydrogen) atoms. The van der Waals surface area contributed by atoms with Crippen LogP contribution in [0.4, 0.5) is 0 Å². The first-order valence-electron chi connectivity index (χ1n) is 8.94. The molecule has 3 nitrogen and oxygen atoms in total. The lowest BCUT2D eigenvalue weighted by Gasteiger charge is -2.31. The van der Waals surface area contributed by atoms with E-state index in [2.05, 4.69) is 23.6 Å². The molecule has 3 heteroatoms. The lowest BCUT2D eigenvalue weighted by atomic mass is 9.91. The maximum absolute atomic E-state index is 5.62. The van der Waals surface area contributed by atoms with E-state index in [0.29, 0.717) is 0 Å². The van der Waals surface area contributed by atoms with Crippen LogP contribution in [0.5, 0.6) is 0 Å². The minimum Gasteiger partial charge on any atom is -0.329 e. The van der Waals surface area contributed by atoms with Crippen molar-refractivity contribution in [2.45, 2.75) is 58.8 Å². The van der Waals surface area contributed by atoms with Crippen molar-refractivity contribution in [3.05, 3.63) is 0 Å². The first kappa shape index (κ1) is 17.9. The molecule has 0 bridgehead atoms. The number of hydrogen-bond acceptors (Lipinski definition) is 3. The van der Waals surface area contributed by atoms with Crippen LogP contribution in [0.25, 0.3) is 0 Å². The Morgan fingerprint density at radius 3 is 2.20 bits per heavy atom. The third-order valence-electron chi connectivity index (χ3n) is 4.57. The number of hydrogen-bond donors (Lipinski definition) is 1. The van der Waals surface area contributed by atoms with Crippen LogP contribution in [-0.4, -0.2) is 55.6 Å². The SMILES string of the molecule is CCCN(CCC)CCCCC1CCN(CCN)CC1. The van der Waals surface area contributed by atoms with E-state index in [-0.39, 0.29) is 0 Å². The third kappa shape index (κ3) is 7.61. The predicted molar refractivity (Wildman–Crippen MR) is 89.1 cm³/mol. The highest BCUT2D eigenvalue weighted by molar-refractivity contribution is 4.72. The molecule has 0 aromatic carbocycles. The van der Waals surface area contributed by atoms with Crippen molar-refractivity contribution < 1.29 is 0 Å². The van der Waals surface area contributed by atoms with Crippen molar-refractivity contribution in [1.29, 1.82) is 0 Å². The fraction of sp³-hybridized carbons (Fsp3) is 1.00. The highest BCUT2D eigenvalue weighted by Crippen LogP contribution is 2.22. The molecule has 120 valence electrons. The van der Waals surface area contributed by atoms with E-state index in [1.54, 1.807) is 0 Å². The summed E-state index contributed by atoms with van der Waals surface area (Å²) in [7, 11) is 0. The van der Waals surface area contributed by atoms with Gasteiger partial charge >= 0.3 is 0 Å². The van der Waals surface area contributed by atoms with E-state index in [1.165, 1.54) is 77.7 Å². The van der Waals surface area contributed by atoms with Crippen LogP contribution in [0.2, 0.25) is 0 Å². The number of rotatable bonds is 11. The minimum absolute atomic E-state index is 0.815. The highest BCUT2D eigenvalue weighted by Gasteiger charge is 2.18. The van der Waals surface area contributed by atoms with Crippen LogP contribution in [-0.2, 0) is 0 Å². The summed E-state index contributed by atoms with van der Waals surface area (Å²) in [5, 5.41) is 0. The fourth-order valence-corrected chi connectivity index (χ4v) is 3.42. The zero-order valence-electron chi connectivity index (χ0n) is 13.9. The van der Waals surface area contributed by atoms with E-state index >= 15 is 0 Å². The van der Waals surface area contributed by atoms with Crippen LogP contribution < -0.4 is 5.73 Å². The maximum atomic E-state index is 5.62. The Morgan fingerprint density at radius 1 is 1.00 bits per heavy atom. The zero-order chi connectivity index (χ0) is 14.6. The lowest BCUT2D eigenvalue weighted by Crippen LogP contribution is -2.37. The van der Waals surface area contributed by atoms with Gasteiger partial charge in [0.05, 0.1) is 0 Å². The normalized spacial score (nSPS) is 18.0. The first-order valence-corrected chi connectivity index (χ1v) is 8.94. The molecule has 0 aromatic heterocycles. The molecule has 1 fully saturated rings. The quantitative estimate of drug-likeness (QED) is 0.592. The van der Waals surface area contributed by atoms with Crippen LogP contribution in [0.1, 0.15) is 58.8 Å². The molecule has 1 heterocycles. The van der Waals surface area contributed by atoms with Gasteiger partial charge in [0.1, 0.15) is 0 Å². The zero-order valence-corrected chi connectivity index (χ0v) is 13.9. The van der Waals surface area contributed by atoms with Gasteiger partial charge in [-0.3, -0.25) is 0 Å². The van der Waals surface area contributed by atoms with Crippen molar-refractivity contribution in [2.75, 3.05) is 45.8 Å². The molecular weight excluding hydrogens is 246 g/mol. The Labute approximate surface area is 126 Å². The van der Waals surface area contributed by atoms with Gasteiger partial charge in [0.25, 0.3) is 0 Å². The summed E-state index contributed by atoms with van der Waals surface area (Å²) in [6.45, 7) is 12.9. The van der Waals surface area contributed by atoms with Gasteiger partial charge in [-0.25, -0.2) is 0 Å². The molecule has 2 N–H and O–H groups in total. The Balaban J connectivity index is 2.03. The third-order valence-corrected chi connectivity index (χ3v) is 4.57. The molecule has 0 radical (unpaired) electrons. The molecule has 0 aromatic rings. The topological polar surface area (TPSA) is 32.5 Å². The van der Waals surface area contributed by atoms with Gasteiger partial charge < -0.3 is 15.5 Å². The summed E-state index contributed by atoms with van der Waals surface area (Å²) >= 11 is 0. The van der Waals surface area contributed by atoms with E-state index in [4.69, 9.17) is 5.73 Å². The van der Waals surface area contributed by atoms with Crippen LogP contribution in [0.15, 0.2) is 0 Å². The minimum atomic E-state index is 0.815. The summed E-state index contributed by atoms with van der Waals surface area (Å²) < 4.78 is 0. The second-order valence-corrected chi connectivity index (χ2v) is 6.41. The van der Waals surface area contributed by atoms with Crippen molar-refractivity contribution in [3.8, 4) is 0 Å². The van der Waals surface area contributed by atoms with Crippen molar-refractivity contribution in [3.63, 3.8) is 0 Å². The van der Waals surface area contributed by atoms with Crippen LogP contribution in [0, 0.1) is 5.92 Å². The maximum Gasteiger partial charge on any atom is 0.0105 e. The van der Waals surface area contributed by atoms with Gasteiger partial charge in [-0.15, -0.1) is 0 Å². The van der Waals surface area contributed by atoms with Crippen molar-refractivity contribution >= 4 is 0 Å². The summed E-state index contributed by atoms with van der Waals surface area (Å²) in [6.07, 6.45) is 9.64. The summed E-state index contributed by atoms with van der Waals surface area (Å²) in [5.41, 5.74) is 5.62. The van der Waals surface area contributed by atoms with Gasteiger partial charge in [0.2, 0.25) is 0 Å². The number of nitrogens with two attached hydrogens (primary N) is 1. The van der Waals surface area contributed by atoms with Gasteiger partial charge in [0.15, 0.2) is 0 Å². The molecule has 0 unspecified atom stereocenters. The van der Waals surface area contributed by atoms with Gasteiger partial charge in [-0.1, -0.05) is 26.7 Å². The van der Waals surface area contributed by atoms with Gasteiger partial charge in [-0.05, 0) is 70.7 Å². The first-order chi connectivity index (χ1) is 9.80. The number of nitrogens with zero attached hydrogens (tertiary/aromatic N) is 2. The molecule has 1 saturated heterocycles. The Kier molecular flexibility index (Phi) is 10.3. The Bertz CT molecular complexity index is 206. The monoisotopic (exact) mass is 283 g/mol. The number of likely N-dealkylation sites (tertiary alicyclic amines) is 1. The Hall–Kier alpha value is -0.120. The number of unbranched alkanes of at least 4 members (excludes halogenated alkanes) is 1. The van der Waals surface area contributed by atoms with Crippen molar-refractivity contribution in [1.82, 2.24) is 9.80 Å². The molecule has 0 atom stereocenters. The van der Waals surface area contributed by atoms with E-state index in [0.717, 1.165) is 19.0 Å². The summed E-state index contributed by atoms with van der Waals surface area (Å²) in [4.78, 5) is 5.17. The summed E-state index contributed by atoms with van der Waals surface area (Å²) in [5.74, 6) is 0.981. The average molecular weight is 284 g/mol. The van der Waals surface area contributed by atoms with Gasteiger partial charge in [0, 0.05) is 13.1 Å². The standard InChI is InChI=1S/C17H37N3/c1-3-11-19(12-4-2)13-6-5-7-17-8-14-20(15-9-17)16-10-18/h17H,3-16,18H2,1-2H3. The highest BCUT2D eigenvalue weighted by atomic mass is 15.1. The molecule has 0 saturated carbocycles. The fourth-order valence-electron chi connectivity index (χ4n) is 3.42. The molecule has 1 aliphatic heterocycles. The second kappa shape index (κ2) is 11.5. The van der Waals surface area contributed by atoms with Crippen molar-refractivity contribution in [2.24, 2.45) is 11.7 Å². The largest absolute Gasteiger partial charge is 0.329 e. The summed E-state index contributed by atoms with van der Waals surface area (Å²) in [6, 6.07) is 0. The van der Waals surface area contributed by atoms with Crippen LogP contribution >= 0.6 is 0 Å². The predicted octanol–water partition coefficient (Wildman–Crippen LogP) is 2.95. The van der Waals surface area contributed by atoms with E-state index in [1.807, 2.05) is 0 Å². The number of piperidine rings is 1. The van der Waals surface area contributed by atoms with E-state index < -0.39 is 0 Å². The molecule has 0 aliphatic carbocycles. The molecule has 0 amide bonds. The smallest absolute Gasteiger partial charge is 0.0105 e. The lowest BCUT2D eigenvalue weighted by molar-refractivity contribution is 0.179. The molecule has 1 aliphatic rings. The molecule has 1 rings (SSSR count). The average Bonchev–Trinajstić information content (AvgIpc) is 2.46. The Morgan fingerprint density at radius 2 is 1.65 bits per heavy atom.